The van der Waals surface area contributed by atoms with E-state index in [-0.39, 0.29) is 18.1 Å². The van der Waals surface area contributed by atoms with Gasteiger partial charge in [-0.3, -0.25) is 13.9 Å². The summed E-state index contributed by atoms with van der Waals surface area (Å²) >= 11 is 3.35. The molecule has 0 saturated heterocycles. The number of nitrogens with zero attached hydrogens (tertiary/aromatic N) is 2. The minimum absolute atomic E-state index is 0.0328. The van der Waals surface area contributed by atoms with Crippen LogP contribution in [-0.4, -0.2) is 15.0 Å². The summed E-state index contributed by atoms with van der Waals surface area (Å²) in [6.07, 6.45) is 5.52. The normalized spacial score (nSPS) is 14.2. The maximum absolute atomic E-state index is 12.0. The number of hydrogen-bond acceptors (Lipinski definition) is 2. The molecule has 1 N–H and O–H groups in total. The van der Waals surface area contributed by atoms with E-state index in [4.69, 9.17) is 0 Å². The Morgan fingerprint density at radius 1 is 1.35 bits per heavy atom. The first-order chi connectivity index (χ1) is 9.63. The van der Waals surface area contributed by atoms with Crippen LogP contribution in [0.4, 0.5) is 5.69 Å². The van der Waals surface area contributed by atoms with E-state index in [9.17, 15) is 9.59 Å². The minimum atomic E-state index is -0.209. The fourth-order valence-corrected chi connectivity index (χ4v) is 2.50. The highest BCUT2D eigenvalue weighted by atomic mass is 79.9. The molecule has 1 amide bonds. The molecule has 0 spiro atoms. The first-order valence-electron chi connectivity index (χ1n) is 6.46. The van der Waals surface area contributed by atoms with Crippen LogP contribution in [0.5, 0.6) is 0 Å². The zero-order valence-electron chi connectivity index (χ0n) is 10.8. The third-order valence-corrected chi connectivity index (χ3v) is 3.73. The first-order valence-corrected chi connectivity index (χ1v) is 7.25. The second-order valence-electron chi connectivity index (χ2n) is 4.91. The summed E-state index contributed by atoms with van der Waals surface area (Å²) in [6.45, 7) is 0.0328. The van der Waals surface area contributed by atoms with Crippen molar-refractivity contribution in [3.63, 3.8) is 0 Å². The van der Waals surface area contributed by atoms with Gasteiger partial charge in [0, 0.05) is 28.6 Å². The molecule has 1 saturated carbocycles. The van der Waals surface area contributed by atoms with E-state index in [0.717, 1.165) is 17.3 Å². The fraction of sp³-hybridized carbons (Fsp3) is 0.286. The van der Waals surface area contributed by atoms with E-state index >= 15 is 0 Å². The van der Waals surface area contributed by atoms with Crippen molar-refractivity contribution in [3.05, 3.63) is 51.6 Å². The molecule has 0 unspecified atom stereocenters. The highest BCUT2D eigenvalue weighted by molar-refractivity contribution is 9.10. The number of hydrogen-bond donors (Lipinski definition) is 1. The smallest absolute Gasteiger partial charge is 0.324 e. The first kappa shape index (κ1) is 13.2. The van der Waals surface area contributed by atoms with Crippen molar-refractivity contribution in [2.75, 3.05) is 5.32 Å². The summed E-state index contributed by atoms with van der Waals surface area (Å²) in [5, 5.41) is 2.77. The van der Waals surface area contributed by atoms with Crippen molar-refractivity contribution in [1.82, 2.24) is 9.13 Å². The standard InChI is InChI=1S/C14H14BrN3O2/c15-10-2-1-3-11(8-10)16-13(19)9-17-6-7-18(14(17)20)12-4-5-12/h1-3,6-8,12H,4-5,9H2,(H,16,19). The number of nitrogens with one attached hydrogen (secondary N) is 1. The van der Waals surface area contributed by atoms with Gasteiger partial charge >= 0.3 is 5.69 Å². The van der Waals surface area contributed by atoms with Gasteiger partial charge in [0.05, 0.1) is 0 Å². The van der Waals surface area contributed by atoms with Gasteiger partial charge in [0.1, 0.15) is 6.54 Å². The van der Waals surface area contributed by atoms with Gasteiger partial charge in [-0.25, -0.2) is 4.79 Å². The van der Waals surface area contributed by atoms with Crippen LogP contribution in [0, 0.1) is 0 Å². The second-order valence-corrected chi connectivity index (χ2v) is 5.82. The summed E-state index contributed by atoms with van der Waals surface area (Å²) < 4.78 is 4.03. The van der Waals surface area contributed by atoms with Crippen LogP contribution in [0.2, 0.25) is 0 Å². The zero-order valence-corrected chi connectivity index (χ0v) is 12.3. The molecule has 1 aliphatic carbocycles. The van der Waals surface area contributed by atoms with Crippen LogP contribution in [-0.2, 0) is 11.3 Å². The fourth-order valence-electron chi connectivity index (χ4n) is 2.10. The van der Waals surface area contributed by atoms with Crippen molar-refractivity contribution in [1.29, 1.82) is 0 Å². The van der Waals surface area contributed by atoms with E-state index < -0.39 is 0 Å². The van der Waals surface area contributed by atoms with E-state index in [1.807, 2.05) is 18.2 Å². The lowest BCUT2D eigenvalue weighted by Crippen LogP contribution is -2.28. The Morgan fingerprint density at radius 3 is 2.85 bits per heavy atom. The number of aromatic nitrogens is 2. The van der Waals surface area contributed by atoms with Crippen molar-refractivity contribution in [2.24, 2.45) is 0 Å². The molecular formula is C14H14BrN3O2. The highest BCUT2D eigenvalue weighted by Crippen LogP contribution is 2.33. The zero-order chi connectivity index (χ0) is 14.1. The molecule has 104 valence electrons. The Bertz CT molecular complexity index is 700. The largest absolute Gasteiger partial charge is 0.328 e. The second kappa shape index (κ2) is 5.28. The van der Waals surface area contributed by atoms with E-state index in [1.165, 1.54) is 4.57 Å². The lowest BCUT2D eigenvalue weighted by atomic mass is 10.3. The van der Waals surface area contributed by atoms with Crippen molar-refractivity contribution >= 4 is 27.5 Å². The topological polar surface area (TPSA) is 56.0 Å². The van der Waals surface area contributed by atoms with Crippen LogP contribution in [0.15, 0.2) is 45.9 Å². The van der Waals surface area contributed by atoms with Crippen molar-refractivity contribution in [3.8, 4) is 0 Å². The lowest BCUT2D eigenvalue weighted by molar-refractivity contribution is -0.116. The van der Waals surface area contributed by atoms with Gasteiger partial charge in [0.25, 0.3) is 0 Å². The van der Waals surface area contributed by atoms with Gasteiger partial charge in [-0.1, -0.05) is 22.0 Å². The van der Waals surface area contributed by atoms with Crippen LogP contribution in [0.25, 0.3) is 0 Å². The molecule has 0 radical (unpaired) electrons. The average Bonchev–Trinajstić information content (AvgIpc) is 3.17. The molecule has 5 nitrogen and oxygen atoms in total. The molecule has 1 aliphatic rings. The Kier molecular flexibility index (Phi) is 3.48. The molecule has 6 heteroatoms. The van der Waals surface area contributed by atoms with E-state index in [1.54, 1.807) is 23.0 Å². The number of halogens is 1. The molecule has 1 aromatic heterocycles. The molecular weight excluding hydrogens is 322 g/mol. The van der Waals surface area contributed by atoms with Crippen LogP contribution in [0.3, 0.4) is 0 Å². The number of carbonyl (C=O) groups excluding carboxylic acids is 1. The molecule has 0 aliphatic heterocycles. The summed E-state index contributed by atoms with van der Waals surface area (Å²) in [5.41, 5.74) is 0.593. The third kappa shape index (κ3) is 2.85. The predicted octanol–water partition coefficient (Wildman–Crippen LogP) is 2.39. The van der Waals surface area contributed by atoms with E-state index in [0.29, 0.717) is 11.7 Å². The van der Waals surface area contributed by atoms with Crippen LogP contribution >= 0.6 is 15.9 Å². The third-order valence-electron chi connectivity index (χ3n) is 3.24. The number of anilines is 1. The Labute approximate surface area is 124 Å². The molecule has 1 heterocycles. The monoisotopic (exact) mass is 335 g/mol. The molecule has 0 bridgehead atoms. The number of benzene rings is 1. The van der Waals surface area contributed by atoms with Gasteiger partial charge in [0.2, 0.25) is 5.91 Å². The molecule has 1 fully saturated rings. The molecule has 1 aromatic carbocycles. The maximum Gasteiger partial charge on any atom is 0.328 e. The number of amides is 1. The van der Waals surface area contributed by atoms with Gasteiger partial charge in [0.15, 0.2) is 0 Å². The Hall–Kier alpha value is -1.82. The van der Waals surface area contributed by atoms with Gasteiger partial charge in [-0.15, -0.1) is 0 Å². The average molecular weight is 336 g/mol. The highest BCUT2D eigenvalue weighted by Gasteiger charge is 2.25. The number of rotatable bonds is 4. The maximum atomic E-state index is 12.0. The molecule has 3 rings (SSSR count). The Morgan fingerprint density at radius 2 is 2.15 bits per heavy atom. The lowest BCUT2D eigenvalue weighted by Gasteiger charge is -2.05. The van der Waals surface area contributed by atoms with Crippen molar-refractivity contribution in [2.45, 2.75) is 25.4 Å². The van der Waals surface area contributed by atoms with E-state index in [2.05, 4.69) is 21.2 Å². The van der Waals surface area contributed by atoms with Gasteiger partial charge in [-0.05, 0) is 31.0 Å². The minimum Gasteiger partial charge on any atom is -0.324 e. The van der Waals surface area contributed by atoms with Crippen LogP contribution in [0.1, 0.15) is 18.9 Å². The SMILES string of the molecule is O=C(Cn1ccn(C2CC2)c1=O)Nc1cccc(Br)c1. The molecule has 2 aromatic rings. The van der Waals surface area contributed by atoms with Crippen molar-refractivity contribution < 1.29 is 4.79 Å². The van der Waals surface area contributed by atoms with Gasteiger partial charge < -0.3 is 5.32 Å². The van der Waals surface area contributed by atoms with Gasteiger partial charge in [-0.2, -0.15) is 0 Å². The molecule has 20 heavy (non-hydrogen) atoms. The summed E-state index contributed by atoms with van der Waals surface area (Å²) in [4.78, 5) is 24.0. The predicted molar refractivity (Wildman–Crippen MR) is 79.7 cm³/mol. The summed E-state index contributed by atoms with van der Waals surface area (Å²) in [5.74, 6) is -0.209. The van der Waals surface area contributed by atoms with Crippen LogP contribution < -0.4 is 11.0 Å². The summed E-state index contributed by atoms with van der Waals surface area (Å²) in [7, 11) is 0. The molecule has 0 atom stereocenters. The number of carbonyl (C=O) groups is 1. The quantitative estimate of drug-likeness (QED) is 0.932. The Balaban J connectivity index is 1.68. The summed E-state index contributed by atoms with van der Waals surface area (Å²) in [6, 6.07) is 7.68. The number of imidazole rings is 1.